The summed E-state index contributed by atoms with van der Waals surface area (Å²) in [4.78, 5) is 3.55. The predicted octanol–water partition coefficient (Wildman–Crippen LogP) is 3.42. The number of benzene rings is 1. The van der Waals surface area contributed by atoms with Gasteiger partial charge in [-0.15, -0.1) is 0 Å². The molecule has 1 radical (unpaired) electrons. The van der Waals surface area contributed by atoms with Crippen molar-refractivity contribution < 1.29 is 0 Å². The molecule has 2 aromatic rings. The fraction of sp³-hybridized carbons (Fsp3) is 0.308. The van der Waals surface area contributed by atoms with E-state index < -0.39 is 0 Å². The molecule has 3 rings (SSSR count). The number of rotatable bonds is 0. The van der Waals surface area contributed by atoms with Gasteiger partial charge in [0.05, 0.1) is 0 Å². The van der Waals surface area contributed by atoms with Crippen molar-refractivity contribution in [1.82, 2.24) is 4.98 Å². The summed E-state index contributed by atoms with van der Waals surface area (Å²) in [5, 5.41) is 1.41. The zero-order chi connectivity index (χ0) is 9.54. The molecule has 1 aromatic carbocycles. The van der Waals surface area contributed by atoms with Gasteiger partial charge in [0.15, 0.2) is 0 Å². The molecule has 1 atom stereocenters. The van der Waals surface area contributed by atoms with Crippen LogP contribution in [0, 0.1) is 6.42 Å². The molecule has 14 heavy (non-hydrogen) atoms. The summed E-state index contributed by atoms with van der Waals surface area (Å²) in [6, 6.07) is 8.60. The van der Waals surface area contributed by atoms with Crippen molar-refractivity contribution in [1.29, 1.82) is 0 Å². The second kappa shape index (κ2) is 2.88. The van der Waals surface area contributed by atoms with Crippen molar-refractivity contribution >= 4 is 10.9 Å². The van der Waals surface area contributed by atoms with Gasteiger partial charge in [0, 0.05) is 16.6 Å². The highest BCUT2D eigenvalue weighted by atomic mass is 14.7. The largest absolute Gasteiger partial charge is 0.358 e. The third kappa shape index (κ3) is 1.02. The van der Waals surface area contributed by atoms with Gasteiger partial charge >= 0.3 is 0 Å². The zero-order valence-electron chi connectivity index (χ0n) is 8.38. The fourth-order valence-corrected chi connectivity index (χ4v) is 2.46. The number of H-pyrrole nitrogens is 1. The number of aromatic amines is 1. The molecule has 1 heteroatoms. The van der Waals surface area contributed by atoms with Crippen molar-refractivity contribution in [2.24, 2.45) is 0 Å². The lowest BCUT2D eigenvalue weighted by atomic mass is 9.88. The maximum absolute atomic E-state index is 3.55. The first-order chi connectivity index (χ1) is 6.86. The SMILES string of the molecule is CC1C[CH]Cc2c1[nH]c1ccccc21. The Kier molecular flexibility index (Phi) is 1.66. The van der Waals surface area contributed by atoms with E-state index in [0.717, 1.165) is 6.42 Å². The highest BCUT2D eigenvalue weighted by Crippen LogP contribution is 2.34. The quantitative estimate of drug-likeness (QED) is 0.645. The van der Waals surface area contributed by atoms with E-state index in [1.54, 1.807) is 0 Å². The Hall–Kier alpha value is -1.24. The van der Waals surface area contributed by atoms with Crippen LogP contribution in [0.25, 0.3) is 10.9 Å². The third-order valence-corrected chi connectivity index (χ3v) is 3.21. The smallest absolute Gasteiger partial charge is 0.0459 e. The van der Waals surface area contributed by atoms with E-state index >= 15 is 0 Å². The second-order valence-electron chi connectivity index (χ2n) is 4.19. The minimum Gasteiger partial charge on any atom is -0.358 e. The minimum absolute atomic E-state index is 0.658. The van der Waals surface area contributed by atoms with E-state index in [9.17, 15) is 0 Å². The topological polar surface area (TPSA) is 15.8 Å². The lowest BCUT2D eigenvalue weighted by molar-refractivity contribution is 0.675. The predicted molar refractivity (Wildman–Crippen MR) is 59.3 cm³/mol. The Morgan fingerprint density at radius 2 is 2.14 bits per heavy atom. The molecule has 0 saturated carbocycles. The van der Waals surface area contributed by atoms with Crippen LogP contribution in [-0.2, 0) is 6.42 Å². The van der Waals surface area contributed by atoms with Gasteiger partial charge in [0.2, 0.25) is 0 Å². The first-order valence-corrected chi connectivity index (χ1v) is 5.27. The van der Waals surface area contributed by atoms with Crippen LogP contribution in [0.2, 0.25) is 0 Å². The van der Waals surface area contributed by atoms with E-state index in [1.807, 2.05) is 0 Å². The van der Waals surface area contributed by atoms with Crippen molar-refractivity contribution in [3.05, 3.63) is 41.9 Å². The normalized spacial score (nSPS) is 21.1. The first kappa shape index (κ1) is 8.10. The monoisotopic (exact) mass is 184 g/mol. The highest BCUT2D eigenvalue weighted by molar-refractivity contribution is 5.85. The van der Waals surface area contributed by atoms with Crippen molar-refractivity contribution in [3.8, 4) is 0 Å². The number of aromatic nitrogens is 1. The molecule has 1 aromatic heterocycles. The van der Waals surface area contributed by atoms with Gasteiger partial charge in [0.1, 0.15) is 0 Å². The van der Waals surface area contributed by atoms with Crippen LogP contribution in [0.15, 0.2) is 24.3 Å². The minimum atomic E-state index is 0.658. The molecular formula is C13H14N. The number of para-hydroxylation sites is 1. The van der Waals surface area contributed by atoms with Crippen LogP contribution in [0.4, 0.5) is 0 Å². The molecule has 1 aliphatic carbocycles. The summed E-state index contributed by atoms with van der Waals surface area (Å²) in [6.07, 6.45) is 4.73. The maximum atomic E-state index is 3.55. The second-order valence-corrected chi connectivity index (χ2v) is 4.19. The first-order valence-electron chi connectivity index (χ1n) is 5.27. The number of fused-ring (bicyclic) bond motifs is 3. The van der Waals surface area contributed by atoms with E-state index in [1.165, 1.54) is 28.6 Å². The van der Waals surface area contributed by atoms with Gasteiger partial charge in [0.25, 0.3) is 0 Å². The van der Waals surface area contributed by atoms with Crippen LogP contribution < -0.4 is 0 Å². The lowest BCUT2D eigenvalue weighted by Gasteiger charge is -2.17. The molecule has 1 aliphatic rings. The summed E-state index contributed by atoms with van der Waals surface area (Å²) in [5.74, 6) is 0.658. The third-order valence-electron chi connectivity index (χ3n) is 3.21. The summed E-state index contributed by atoms with van der Waals surface area (Å²) in [7, 11) is 0. The van der Waals surface area contributed by atoms with Crippen molar-refractivity contribution in [2.75, 3.05) is 0 Å². The van der Waals surface area contributed by atoms with Crippen molar-refractivity contribution in [2.45, 2.75) is 25.7 Å². The van der Waals surface area contributed by atoms with Crippen LogP contribution in [0.3, 0.4) is 0 Å². The van der Waals surface area contributed by atoms with E-state index in [0.29, 0.717) is 5.92 Å². The van der Waals surface area contributed by atoms with Crippen LogP contribution in [0.5, 0.6) is 0 Å². The van der Waals surface area contributed by atoms with Gasteiger partial charge < -0.3 is 4.98 Å². The van der Waals surface area contributed by atoms with Gasteiger partial charge in [-0.3, -0.25) is 0 Å². The van der Waals surface area contributed by atoms with Crippen LogP contribution >= 0.6 is 0 Å². The molecule has 0 bridgehead atoms. The fourth-order valence-electron chi connectivity index (χ4n) is 2.46. The van der Waals surface area contributed by atoms with Crippen LogP contribution in [-0.4, -0.2) is 4.98 Å². The molecule has 1 N–H and O–H groups in total. The maximum Gasteiger partial charge on any atom is 0.0459 e. The highest BCUT2D eigenvalue weighted by Gasteiger charge is 2.20. The Bertz CT molecular complexity index is 467. The molecule has 0 aliphatic heterocycles. The Morgan fingerprint density at radius 3 is 3.07 bits per heavy atom. The molecule has 0 fully saturated rings. The summed E-state index contributed by atoms with van der Waals surface area (Å²) < 4.78 is 0. The molecule has 1 unspecified atom stereocenters. The average molecular weight is 184 g/mol. The van der Waals surface area contributed by atoms with Gasteiger partial charge in [-0.1, -0.05) is 25.1 Å². The van der Waals surface area contributed by atoms with E-state index in [4.69, 9.17) is 0 Å². The molecule has 0 spiro atoms. The average Bonchev–Trinajstić information content (AvgIpc) is 2.59. The number of nitrogens with one attached hydrogen (secondary N) is 1. The Balaban J connectivity index is 2.32. The van der Waals surface area contributed by atoms with Gasteiger partial charge in [-0.25, -0.2) is 0 Å². The van der Waals surface area contributed by atoms with E-state index in [-0.39, 0.29) is 0 Å². The molecule has 71 valence electrons. The number of hydrogen-bond donors (Lipinski definition) is 1. The van der Waals surface area contributed by atoms with E-state index in [2.05, 4.69) is 42.6 Å². The standard InChI is InChI=1S/C13H14N/c1-9-5-4-7-11-10-6-2-3-8-12(10)14-13(9)11/h2-4,6,8-9,14H,5,7H2,1H3. The summed E-state index contributed by atoms with van der Waals surface area (Å²) in [5.41, 5.74) is 4.26. The molecule has 1 heterocycles. The van der Waals surface area contributed by atoms with Crippen LogP contribution in [0.1, 0.15) is 30.5 Å². The van der Waals surface area contributed by atoms with Gasteiger partial charge in [-0.2, -0.15) is 0 Å². The number of hydrogen-bond acceptors (Lipinski definition) is 0. The summed E-state index contributed by atoms with van der Waals surface area (Å²) in [6.45, 7) is 2.30. The van der Waals surface area contributed by atoms with Crippen molar-refractivity contribution in [3.63, 3.8) is 0 Å². The zero-order valence-corrected chi connectivity index (χ0v) is 8.38. The Labute approximate surface area is 84.1 Å². The molecular weight excluding hydrogens is 170 g/mol. The Morgan fingerprint density at radius 1 is 1.29 bits per heavy atom. The molecule has 1 nitrogen and oxygen atoms in total. The molecule has 0 saturated heterocycles. The molecule has 0 amide bonds. The summed E-state index contributed by atoms with van der Waals surface area (Å²) >= 11 is 0. The lowest BCUT2D eigenvalue weighted by Crippen LogP contribution is -2.05. The van der Waals surface area contributed by atoms with Gasteiger partial charge in [-0.05, 0) is 36.8 Å².